The molecule has 0 radical (unpaired) electrons. The second-order valence-electron chi connectivity index (χ2n) is 11.0. The molecule has 0 unspecified atom stereocenters. The van der Waals surface area contributed by atoms with E-state index in [1.165, 1.54) is 65.6 Å². The minimum atomic E-state index is 0.604. The van der Waals surface area contributed by atoms with Crippen LogP contribution in [0.2, 0.25) is 0 Å². The Morgan fingerprint density at radius 1 is 0.605 bits per heavy atom. The monoisotopic (exact) mass is 550 g/mol. The van der Waals surface area contributed by atoms with Gasteiger partial charge in [-0.05, 0) is 82.4 Å². The van der Waals surface area contributed by atoms with E-state index < -0.39 is 0 Å². The van der Waals surface area contributed by atoms with Gasteiger partial charge in [0.05, 0.1) is 22.1 Å². The quantitative estimate of drug-likeness (QED) is 0.152. The predicted octanol–water partition coefficient (Wildman–Crippen LogP) is 10.1. The van der Waals surface area contributed by atoms with E-state index in [0.717, 1.165) is 16.7 Å². The smallest absolute Gasteiger partial charge is 0.234 e. The van der Waals surface area contributed by atoms with E-state index >= 15 is 0 Å². The summed E-state index contributed by atoms with van der Waals surface area (Å²) in [6.45, 7) is 5.80. The fourth-order valence-electron chi connectivity index (χ4n) is 7.25. The van der Waals surface area contributed by atoms with E-state index in [4.69, 9.17) is 0 Å². The van der Waals surface area contributed by atoms with Crippen LogP contribution in [0.25, 0.3) is 82.3 Å². The van der Waals surface area contributed by atoms with Crippen molar-refractivity contribution in [2.24, 2.45) is 9.98 Å². The van der Waals surface area contributed by atoms with Gasteiger partial charge in [-0.25, -0.2) is 9.98 Å². The third-order valence-electron chi connectivity index (χ3n) is 8.86. The summed E-state index contributed by atoms with van der Waals surface area (Å²) in [6, 6.07) is 41.9. The average Bonchev–Trinajstić information content (AvgIpc) is 3.52. The molecule has 0 aliphatic heterocycles. The predicted molar refractivity (Wildman–Crippen MR) is 183 cm³/mol. The summed E-state index contributed by atoms with van der Waals surface area (Å²) in [5.41, 5.74) is 10.7. The van der Waals surface area contributed by atoms with E-state index in [0.29, 0.717) is 5.96 Å². The first-order valence-corrected chi connectivity index (χ1v) is 14.6. The lowest BCUT2D eigenvalue weighted by Gasteiger charge is -2.15. The zero-order valence-corrected chi connectivity index (χ0v) is 23.6. The highest BCUT2D eigenvalue weighted by Crippen LogP contribution is 2.50. The summed E-state index contributed by atoms with van der Waals surface area (Å²) < 4.78 is 4.58. The van der Waals surface area contributed by atoms with Crippen LogP contribution in [0, 0.1) is 0 Å². The third kappa shape index (κ3) is 3.15. The van der Waals surface area contributed by atoms with Gasteiger partial charge in [0.15, 0.2) is 0 Å². The van der Waals surface area contributed by atoms with Crippen LogP contribution in [0.4, 0.5) is 0 Å². The van der Waals surface area contributed by atoms with Crippen LogP contribution in [0.1, 0.15) is 6.92 Å². The summed E-state index contributed by atoms with van der Waals surface area (Å²) in [7, 11) is 0. The molecule has 0 N–H and O–H groups in total. The molecule has 0 bridgehead atoms. The van der Waals surface area contributed by atoms with Crippen molar-refractivity contribution in [1.82, 2.24) is 9.13 Å². The molecule has 0 saturated carbocycles. The molecule has 0 amide bonds. The lowest BCUT2D eigenvalue weighted by Crippen LogP contribution is -2.08. The minimum absolute atomic E-state index is 0.604. The van der Waals surface area contributed by atoms with Gasteiger partial charge < -0.3 is 4.57 Å². The van der Waals surface area contributed by atoms with E-state index in [1.54, 1.807) is 12.4 Å². The van der Waals surface area contributed by atoms with Crippen molar-refractivity contribution < 1.29 is 0 Å². The molecule has 0 atom stereocenters. The Labute approximate surface area is 248 Å². The SMILES string of the molecule is C=C/N=C(\N=C/C)n1c2cccc3c2c2c4c(cccc4ccc21)-c1cc2c4ccccc4n(-c4ccccc4)c2cc1-3. The number of para-hydroxylation sites is 2. The lowest BCUT2D eigenvalue weighted by atomic mass is 9.91. The minimum Gasteiger partial charge on any atom is -0.309 e. The highest BCUT2D eigenvalue weighted by atomic mass is 15.2. The summed E-state index contributed by atoms with van der Waals surface area (Å²) in [5, 5.41) is 7.45. The van der Waals surface area contributed by atoms with Gasteiger partial charge in [-0.3, -0.25) is 4.57 Å². The molecule has 9 rings (SSSR count). The van der Waals surface area contributed by atoms with Crippen molar-refractivity contribution in [1.29, 1.82) is 0 Å². The Morgan fingerprint density at radius 2 is 1.33 bits per heavy atom. The standard InChI is InChI=1S/C39H26N4/c1-3-40-39(41-4-2)43-33-19-11-17-28-30-23-35-31(26-15-8-9-18-32(26)42(35)25-13-6-5-7-14-25)22-29(30)27-16-10-12-24-20-21-34(43)38(36(24)27)37(28)33/h3-23H,1H2,2H3/b40-39+,41-4-. The number of aliphatic imine (C=N–C) groups is 2. The fourth-order valence-corrected chi connectivity index (χ4v) is 7.25. The Hall–Kier alpha value is -5.74. The summed E-state index contributed by atoms with van der Waals surface area (Å²) in [4.78, 5) is 9.28. The van der Waals surface area contributed by atoms with Gasteiger partial charge in [-0.1, -0.05) is 79.4 Å². The van der Waals surface area contributed by atoms with Crippen LogP contribution in [0.3, 0.4) is 0 Å². The number of benzene rings is 6. The Bertz CT molecular complexity index is 2520. The summed E-state index contributed by atoms with van der Waals surface area (Å²) in [5.74, 6) is 0.604. The number of fused-ring (bicyclic) bond motifs is 6. The van der Waals surface area contributed by atoms with E-state index in [1.807, 2.05) is 6.92 Å². The van der Waals surface area contributed by atoms with Gasteiger partial charge in [0.1, 0.15) is 0 Å². The number of nitrogens with zero attached hydrogens (tertiary/aromatic N) is 4. The van der Waals surface area contributed by atoms with Crippen molar-refractivity contribution in [2.45, 2.75) is 6.92 Å². The fraction of sp³-hybridized carbons (Fsp3) is 0.0256. The molecular formula is C39H26N4. The Balaban J connectivity index is 1.51. The van der Waals surface area contributed by atoms with E-state index in [2.05, 4.69) is 141 Å². The molecule has 0 saturated heterocycles. The Kier molecular flexibility index (Phi) is 4.94. The maximum atomic E-state index is 4.67. The summed E-state index contributed by atoms with van der Waals surface area (Å²) >= 11 is 0. The Morgan fingerprint density at radius 3 is 2.16 bits per heavy atom. The molecule has 202 valence electrons. The van der Waals surface area contributed by atoms with Crippen molar-refractivity contribution in [3.05, 3.63) is 128 Å². The molecule has 6 aromatic carbocycles. The number of hydrogen-bond donors (Lipinski definition) is 0. The first-order chi connectivity index (χ1) is 21.3. The maximum Gasteiger partial charge on any atom is 0.234 e. The number of rotatable bonds is 2. The van der Waals surface area contributed by atoms with Gasteiger partial charge in [-0.15, -0.1) is 0 Å². The van der Waals surface area contributed by atoms with Gasteiger partial charge in [0, 0.05) is 39.6 Å². The molecular weight excluding hydrogens is 524 g/mol. The molecule has 0 fully saturated rings. The average molecular weight is 551 g/mol. The molecule has 4 heteroatoms. The van der Waals surface area contributed by atoms with Gasteiger partial charge in [0.25, 0.3) is 0 Å². The normalized spacial score (nSPS) is 12.9. The largest absolute Gasteiger partial charge is 0.309 e. The topological polar surface area (TPSA) is 34.6 Å². The molecule has 1 aliphatic carbocycles. The van der Waals surface area contributed by atoms with Crippen LogP contribution in [0.5, 0.6) is 0 Å². The van der Waals surface area contributed by atoms with Crippen LogP contribution < -0.4 is 0 Å². The summed E-state index contributed by atoms with van der Waals surface area (Å²) in [6.07, 6.45) is 3.35. The highest BCUT2D eigenvalue weighted by molar-refractivity contribution is 6.32. The molecule has 8 aromatic rings. The third-order valence-corrected chi connectivity index (χ3v) is 8.86. The van der Waals surface area contributed by atoms with E-state index in [-0.39, 0.29) is 0 Å². The second kappa shape index (κ2) is 8.88. The first-order valence-electron chi connectivity index (χ1n) is 14.6. The molecule has 4 nitrogen and oxygen atoms in total. The maximum absolute atomic E-state index is 4.67. The molecule has 1 aliphatic rings. The van der Waals surface area contributed by atoms with Gasteiger partial charge in [0.2, 0.25) is 5.96 Å². The van der Waals surface area contributed by atoms with Crippen molar-refractivity contribution >= 4 is 66.6 Å². The van der Waals surface area contributed by atoms with Crippen molar-refractivity contribution in [2.75, 3.05) is 0 Å². The van der Waals surface area contributed by atoms with E-state index in [9.17, 15) is 0 Å². The van der Waals surface area contributed by atoms with Crippen LogP contribution >= 0.6 is 0 Å². The first kappa shape index (κ1) is 23.9. The zero-order valence-electron chi connectivity index (χ0n) is 23.6. The molecule has 2 heterocycles. The number of aromatic nitrogens is 2. The number of hydrogen-bond acceptors (Lipinski definition) is 1. The highest BCUT2D eigenvalue weighted by Gasteiger charge is 2.27. The lowest BCUT2D eigenvalue weighted by molar-refractivity contribution is 1.18. The molecule has 2 aromatic heterocycles. The zero-order chi connectivity index (χ0) is 28.7. The van der Waals surface area contributed by atoms with Crippen molar-refractivity contribution in [3.8, 4) is 27.9 Å². The molecule has 0 spiro atoms. The van der Waals surface area contributed by atoms with Crippen LogP contribution in [0.15, 0.2) is 138 Å². The van der Waals surface area contributed by atoms with Gasteiger partial charge in [-0.2, -0.15) is 0 Å². The van der Waals surface area contributed by atoms with Crippen LogP contribution in [-0.2, 0) is 0 Å². The second-order valence-corrected chi connectivity index (χ2v) is 11.0. The van der Waals surface area contributed by atoms with Crippen molar-refractivity contribution in [3.63, 3.8) is 0 Å². The van der Waals surface area contributed by atoms with Gasteiger partial charge >= 0.3 is 0 Å². The molecule has 43 heavy (non-hydrogen) atoms. The van der Waals surface area contributed by atoms with Crippen LogP contribution in [-0.4, -0.2) is 21.3 Å².